The number of Topliss-reactive ketones (excluding diaryl/α,β-unsaturated/α-hetero) is 2. The summed E-state index contributed by atoms with van der Waals surface area (Å²) in [5, 5.41) is -0.0718. The van der Waals surface area contributed by atoms with E-state index < -0.39 is 11.6 Å². The van der Waals surface area contributed by atoms with E-state index in [1.807, 2.05) is 0 Å². The van der Waals surface area contributed by atoms with Crippen molar-refractivity contribution in [2.75, 3.05) is 0 Å². The van der Waals surface area contributed by atoms with Gasteiger partial charge in [0.15, 0.2) is 0 Å². The first-order chi connectivity index (χ1) is 5.46. The molecule has 0 aromatic carbocycles. The van der Waals surface area contributed by atoms with Gasteiger partial charge in [-0.25, -0.2) is 0 Å². The molecule has 0 aromatic heterocycles. The number of carbonyl (C=O) groups is 2. The molecule has 0 atom stereocenters. The van der Waals surface area contributed by atoms with Crippen LogP contribution in [0.4, 0.5) is 0 Å². The Balaban J connectivity index is 3.37. The molecule has 2 nitrogen and oxygen atoms in total. The van der Waals surface area contributed by atoms with Crippen LogP contribution in [0.1, 0.15) is 6.92 Å². The van der Waals surface area contributed by atoms with Gasteiger partial charge in [-0.3, -0.25) is 9.59 Å². The fourth-order valence-corrected chi connectivity index (χ4v) is 1.88. The maximum absolute atomic E-state index is 11.1. The van der Waals surface area contributed by atoms with E-state index in [0.717, 1.165) is 0 Å². The Kier molecular flexibility index (Phi) is 2.91. The number of carbonyl (C=O) groups excluding carboxylic acids is 2. The lowest BCUT2D eigenvalue weighted by atomic mass is 10.0. The Morgan fingerprint density at radius 3 is 2.08 bits per heavy atom. The van der Waals surface area contributed by atoms with Gasteiger partial charge in [0.2, 0.25) is 11.6 Å². The zero-order chi connectivity index (χ0) is 9.46. The summed E-state index contributed by atoms with van der Waals surface area (Å²) in [5.41, 5.74) is 0.372. The van der Waals surface area contributed by atoms with E-state index in [4.69, 9.17) is 11.6 Å². The lowest BCUT2D eigenvalue weighted by molar-refractivity contribution is -0.131. The van der Waals surface area contributed by atoms with Gasteiger partial charge in [-0.2, -0.15) is 0 Å². The third kappa shape index (κ3) is 1.43. The lowest BCUT2D eigenvalue weighted by Crippen LogP contribution is -2.20. The molecule has 0 saturated heterocycles. The molecule has 0 spiro atoms. The molecule has 0 amide bonds. The summed E-state index contributed by atoms with van der Waals surface area (Å²) in [6, 6.07) is 0. The third-order valence-corrected chi connectivity index (χ3v) is 4.37. The van der Waals surface area contributed by atoms with E-state index in [1.165, 1.54) is 0 Å². The van der Waals surface area contributed by atoms with Crippen LogP contribution in [-0.2, 0) is 9.59 Å². The van der Waals surface area contributed by atoms with Gasteiger partial charge >= 0.3 is 0 Å². The maximum atomic E-state index is 11.1. The van der Waals surface area contributed by atoms with Gasteiger partial charge in [0.05, 0.1) is 4.48 Å². The van der Waals surface area contributed by atoms with Crippen LogP contribution in [0.2, 0.25) is 0 Å². The van der Waals surface area contributed by atoms with Crippen molar-refractivity contribution in [3.05, 3.63) is 19.6 Å². The van der Waals surface area contributed by atoms with Crippen LogP contribution in [0.25, 0.3) is 0 Å². The molecule has 0 aromatic rings. The summed E-state index contributed by atoms with van der Waals surface area (Å²) in [6.07, 6.45) is 0. The highest BCUT2D eigenvalue weighted by atomic mass is 79.9. The SMILES string of the molecule is CC1=C(Br)C(Br)=C(Cl)C(=O)C1=O. The Morgan fingerprint density at radius 2 is 1.58 bits per heavy atom. The predicted octanol–water partition coefficient (Wildman–Crippen LogP) is 2.65. The summed E-state index contributed by atoms with van der Waals surface area (Å²) < 4.78 is 0.975. The molecule has 5 heteroatoms. The number of hydrogen-bond donors (Lipinski definition) is 0. The van der Waals surface area contributed by atoms with Crippen molar-refractivity contribution in [1.82, 2.24) is 0 Å². The number of rotatable bonds is 0. The highest BCUT2D eigenvalue weighted by Gasteiger charge is 2.29. The first kappa shape index (κ1) is 10.2. The van der Waals surface area contributed by atoms with E-state index in [-0.39, 0.29) is 5.03 Å². The first-order valence-electron chi connectivity index (χ1n) is 2.98. The third-order valence-electron chi connectivity index (χ3n) is 1.46. The number of ketones is 2. The number of halogens is 3. The zero-order valence-electron chi connectivity index (χ0n) is 5.95. The molecule has 1 aliphatic rings. The van der Waals surface area contributed by atoms with E-state index in [2.05, 4.69) is 31.9 Å². The fraction of sp³-hybridized carbons (Fsp3) is 0.143. The average Bonchev–Trinajstić information content (AvgIpc) is 2.08. The monoisotopic (exact) mass is 312 g/mol. The van der Waals surface area contributed by atoms with Crippen molar-refractivity contribution >= 4 is 55.0 Å². The van der Waals surface area contributed by atoms with Gasteiger partial charge in [0.1, 0.15) is 5.03 Å². The first-order valence-corrected chi connectivity index (χ1v) is 4.94. The molecule has 0 aliphatic heterocycles. The molecule has 1 aliphatic carbocycles. The van der Waals surface area contributed by atoms with Crippen molar-refractivity contribution in [2.45, 2.75) is 6.92 Å². The van der Waals surface area contributed by atoms with E-state index >= 15 is 0 Å². The normalized spacial score (nSPS) is 19.3. The number of hydrogen-bond acceptors (Lipinski definition) is 2. The summed E-state index contributed by atoms with van der Waals surface area (Å²) in [7, 11) is 0. The van der Waals surface area contributed by atoms with Gasteiger partial charge in [-0.1, -0.05) is 11.6 Å². The Morgan fingerprint density at radius 1 is 1.08 bits per heavy atom. The highest BCUT2D eigenvalue weighted by molar-refractivity contribution is 9.15. The summed E-state index contributed by atoms with van der Waals surface area (Å²) in [5.74, 6) is -1.22. The van der Waals surface area contributed by atoms with Crippen molar-refractivity contribution < 1.29 is 9.59 Å². The van der Waals surface area contributed by atoms with E-state index in [9.17, 15) is 9.59 Å². The van der Waals surface area contributed by atoms with Gasteiger partial charge in [0, 0.05) is 10.1 Å². The van der Waals surface area contributed by atoms with E-state index in [0.29, 0.717) is 14.5 Å². The molecule has 0 N–H and O–H groups in total. The summed E-state index contributed by atoms with van der Waals surface area (Å²) >= 11 is 11.8. The van der Waals surface area contributed by atoms with Gasteiger partial charge < -0.3 is 0 Å². The fourth-order valence-electron chi connectivity index (χ4n) is 0.730. The van der Waals surface area contributed by atoms with Crippen LogP contribution >= 0.6 is 43.5 Å². The van der Waals surface area contributed by atoms with Crippen molar-refractivity contribution in [3.63, 3.8) is 0 Å². The minimum absolute atomic E-state index is 0.0718. The molecule has 0 radical (unpaired) electrons. The molecular formula is C7H3Br2ClO2. The topological polar surface area (TPSA) is 34.1 Å². The van der Waals surface area contributed by atoms with Crippen LogP contribution in [0.15, 0.2) is 19.6 Å². The van der Waals surface area contributed by atoms with Crippen LogP contribution in [0.3, 0.4) is 0 Å². The second-order valence-electron chi connectivity index (χ2n) is 2.23. The van der Waals surface area contributed by atoms with Crippen LogP contribution in [-0.4, -0.2) is 11.6 Å². The maximum Gasteiger partial charge on any atom is 0.245 e. The molecule has 0 bridgehead atoms. The molecule has 1 rings (SSSR count). The second-order valence-corrected chi connectivity index (χ2v) is 4.19. The Hall–Kier alpha value is 0.0700. The molecule has 12 heavy (non-hydrogen) atoms. The van der Waals surface area contributed by atoms with Crippen molar-refractivity contribution in [2.24, 2.45) is 0 Å². The Labute approximate surface area is 90.9 Å². The quantitative estimate of drug-likeness (QED) is 0.509. The summed E-state index contributed by atoms with van der Waals surface area (Å²) in [4.78, 5) is 22.2. The Bertz CT molecular complexity index is 292. The van der Waals surface area contributed by atoms with E-state index in [1.54, 1.807) is 6.92 Å². The molecule has 0 heterocycles. The van der Waals surface area contributed by atoms with Crippen LogP contribution < -0.4 is 0 Å². The molecule has 0 unspecified atom stereocenters. The van der Waals surface area contributed by atoms with Crippen LogP contribution in [0.5, 0.6) is 0 Å². The smallest absolute Gasteiger partial charge is 0.245 e. The second kappa shape index (κ2) is 3.44. The minimum atomic E-state index is -0.663. The molecule has 64 valence electrons. The average molecular weight is 314 g/mol. The predicted molar refractivity (Wildman–Crippen MR) is 53.4 cm³/mol. The largest absolute Gasteiger partial charge is 0.285 e. The van der Waals surface area contributed by atoms with Crippen molar-refractivity contribution in [3.8, 4) is 0 Å². The van der Waals surface area contributed by atoms with Crippen LogP contribution in [0, 0.1) is 0 Å². The lowest BCUT2D eigenvalue weighted by Gasteiger charge is -2.11. The standard InChI is InChI=1S/C7H3Br2ClO2/c1-2-3(8)4(9)5(10)7(12)6(2)11/h1H3. The zero-order valence-corrected chi connectivity index (χ0v) is 9.88. The minimum Gasteiger partial charge on any atom is -0.285 e. The molecule has 0 saturated carbocycles. The van der Waals surface area contributed by atoms with Gasteiger partial charge in [0.25, 0.3) is 0 Å². The highest BCUT2D eigenvalue weighted by Crippen LogP contribution is 2.35. The molecule has 0 fully saturated rings. The van der Waals surface area contributed by atoms with Gasteiger partial charge in [-0.05, 0) is 38.8 Å². The molecular weight excluding hydrogens is 311 g/mol. The van der Waals surface area contributed by atoms with Gasteiger partial charge in [-0.15, -0.1) is 0 Å². The summed E-state index contributed by atoms with van der Waals surface area (Å²) in [6.45, 7) is 1.56. The number of allylic oxidation sites excluding steroid dienone is 4. The van der Waals surface area contributed by atoms with Crippen molar-refractivity contribution in [1.29, 1.82) is 0 Å².